The topological polar surface area (TPSA) is 76.5 Å². The molecule has 5 rings (SSSR count). The molecule has 0 spiro atoms. The number of H-pyrrole nitrogens is 1. The van der Waals surface area contributed by atoms with Gasteiger partial charge >= 0.3 is 0 Å². The number of aromatic amines is 1. The number of aryl methyl sites for hydroxylation is 1. The molecule has 2 aromatic carbocycles. The van der Waals surface area contributed by atoms with E-state index in [1.54, 1.807) is 18.6 Å². The lowest BCUT2D eigenvalue weighted by Gasteiger charge is -2.14. The second-order valence-electron chi connectivity index (χ2n) is 7.54. The van der Waals surface area contributed by atoms with Crippen molar-refractivity contribution in [2.24, 2.45) is 0 Å². The normalized spacial score (nSPS) is 12.2. The number of aromatic nitrogens is 5. The number of hydrogen-bond acceptors (Lipinski definition) is 5. The molecule has 0 aliphatic rings. The summed E-state index contributed by atoms with van der Waals surface area (Å²) in [5.41, 5.74) is 4.58. The van der Waals surface area contributed by atoms with E-state index < -0.39 is 0 Å². The lowest BCUT2D eigenvalue weighted by molar-refractivity contribution is 0.0995. The minimum Gasteiger partial charge on any atom is -0.360 e. The number of benzene rings is 2. The van der Waals surface area contributed by atoms with E-state index in [1.807, 2.05) is 66.1 Å². The number of Topliss-reactive ketones (excluding diaryl/α,β-unsaturated/α-hetero) is 1. The summed E-state index contributed by atoms with van der Waals surface area (Å²) >= 11 is 1.41. The van der Waals surface area contributed by atoms with Crippen LogP contribution in [0.5, 0.6) is 0 Å². The quantitative estimate of drug-likeness (QED) is 0.280. The highest BCUT2D eigenvalue weighted by atomic mass is 32.2. The number of para-hydroxylation sites is 2. The van der Waals surface area contributed by atoms with Gasteiger partial charge in [0.25, 0.3) is 0 Å². The number of fused-ring (bicyclic) bond motifs is 1. The van der Waals surface area contributed by atoms with E-state index in [9.17, 15) is 4.79 Å². The fourth-order valence-corrected chi connectivity index (χ4v) is 4.69. The first-order chi connectivity index (χ1) is 15.6. The molecule has 0 saturated carbocycles. The van der Waals surface area contributed by atoms with Gasteiger partial charge in [-0.1, -0.05) is 48.2 Å². The highest BCUT2D eigenvalue weighted by Crippen LogP contribution is 2.33. The van der Waals surface area contributed by atoms with Gasteiger partial charge in [0.15, 0.2) is 16.8 Å². The molecular formula is C25H21N5OS. The monoisotopic (exact) mass is 439 g/mol. The number of thioether (sulfide) groups is 1. The van der Waals surface area contributed by atoms with Crippen LogP contribution in [0.4, 0.5) is 0 Å². The van der Waals surface area contributed by atoms with Gasteiger partial charge in [-0.05, 0) is 43.7 Å². The Hall–Kier alpha value is -3.71. The second kappa shape index (κ2) is 8.43. The minimum atomic E-state index is -0.345. The zero-order valence-electron chi connectivity index (χ0n) is 17.7. The van der Waals surface area contributed by atoms with Gasteiger partial charge in [0, 0.05) is 40.6 Å². The molecule has 6 nitrogen and oxygen atoms in total. The Morgan fingerprint density at radius 1 is 1.03 bits per heavy atom. The Kier molecular flexibility index (Phi) is 5.33. The van der Waals surface area contributed by atoms with Crippen molar-refractivity contribution in [2.45, 2.75) is 24.3 Å². The van der Waals surface area contributed by atoms with Crippen molar-refractivity contribution in [1.82, 2.24) is 24.7 Å². The Balaban J connectivity index is 1.54. The molecule has 0 amide bonds. The smallest absolute Gasteiger partial charge is 0.196 e. The Bertz CT molecular complexity index is 1410. The van der Waals surface area contributed by atoms with Crippen molar-refractivity contribution in [3.63, 3.8) is 0 Å². The van der Waals surface area contributed by atoms with Crippen LogP contribution in [0.3, 0.4) is 0 Å². The second-order valence-corrected chi connectivity index (χ2v) is 8.85. The number of nitrogens with one attached hydrogen (secondary N) is 1. The molecule has 5 aromatic rings. The molecule has 158 valence electrons. The van der Waals surface area contributed by atoms with Crippen LogP contribution in [-0.4, -0.2) is 35.8 Å². The van der Waals surface area contributed by atoms with Crippen molar-refractivity contribution in [3.05, 3.63) is 90.4 Å². The van der Waals surface area contributed by atoms with Crippen LogP contribution in [0.25, 0.3) is 28.0 Å². The summed E-state index contributed by atoms with van der Waals surface area (Å²) in [4.78, 5) is 20.7. The van der Waals surface area contributed by atoms with E-state index in [1.165, 1.54) is 11.8 Å². The number of carbonyl (C=O) groups is 1. The molecule has 0 radical (unpaired) electrons. The van der Waals surface area contributed by atoms with Gasteiger partial charge in [-0.2, -0.15) is 0 Å². The highest BCUT2D eigenvalue weighted by Gasteiger charge is 2.24. The van der Waals surface area contributed by atoms with E-state index in [4.69, 9.17) is 0 Å². The number of nitrogens with zero attached hydrogens (tertiary/aromatic N) is 4. The van der Waals surface area contributed by atoms with E-state index in [2.05, 4.69) is 33.2 Å². The summed E-state index contributed by atoms with van der Waals surface area (Å²) in [5.74, 6) is 0.747. The zero-order valence-corrected chi connectivity index (χ0v) is 18.5. The molecule has 1 atom stereocenters. The molecule has 0 bridgehead atoms. The van der Waals surface area contributed by atoms with E-state index in [0.717, 1.165) is 27.7 Å². The van der Waals surface area contributed by atoms with Crippen molar-refractivity contribution in [2.75, 3.05) is 0 Å². The van der Waals surface area contributed by atoms with Crippen LogP contribution >= 0.6 is 11.8 Å². The summed E-state index contributed by atoms with van der Waals surface area (Å²) in [6.45, 7) is 3.96. The maximum Gasteiger partial charge on any atom is 0.196 e. The fourth-order valence-electron chi connectivity index (χ4n) is 3.77. The molecule has 32 heavy (non-hydrogen) atoms. The third-order valence-electron chi connectivity index (χ3n) is 5.42. The van der Waals surface area contributed by atoms with Gasteiger partial charge in [0.1, 0.15) is 0 Å². The molecule has 0 saturated heterocycles. The molecule has 1 unspecified atom stereocenters. The first kappa shape index (κ1) is 20.2. The average Bonchev–Trinajstić information content (AvgIpc) is 3.44. The van der Waals surface area contributed by atoms with E-state index >= 15 is 0 Å². The standard InChI is InChI=1S/C25H21N5OS/c1-16-8-3-6-12-22(16)30-24(18-9-7-13-26-14-18)28-29-25(30)32-17(2)23(31)20-15-27-21-11-5-4-10-19(20)21/h3-15,17,27H,1-2H3. The van der Waals surface area contributed by atoms with E-state index in [0.29, 0.717) is 16.5 Å². The molecule has 1 N–H and O–H groups in total. The summed E-state index contributed by atoms with van der Waals surface area (Å²) in [7, 11) is 0. The van der Waals surface area contributed by atoms with E-state index in [-0.39, 0.29) is 11.0 Å². The fraction of sp³-hybridized carbons (Fsp3) is 0.120. The van der Waals surface area contributed by atoms with Gasteiger partial charge in [-0.15, -0.1) is 10.2 Å². The Morgan fingerprint density at radius 3 is 2.66 bits per heavy atom. The first-order valence-corrected chi connectivity index (χ1v) is 11.2. The molecule has 3 heterocycles. The first-order valence-electron chi connectivity index (χ1n) is 10.3. The number of carbonyl (C=O) groups excluding carboxylic acids is 1. The molecule has 0 aliphatic heterocycles. The van der Waals surface area contributed by atoms with Crippen molar-refractivity contribution in [3.8, 4) is 17.1 Å². The van der Waals surface area contributed by atoms with Crippen molar-refractivity contribution in [1.29, 1.82) is 0 Å². The molecule has 0 fully saturated rings. The third kappa shape index (κ3) is 3.61. The maximum atomic E-state index is 13.3. The van der Waals surface area contributed by atoms with Gasteiger partial charge < -0.3 is 4.98 Å². The van der Waals surface area contributed by atoms with Crippen LogP contribution in [0.2, 0.25) is 0 Å². The van der Waals surface area contributed by atoms with Crippen molar-refractivity contribution < 1.29 is 4.79 Å². The number of ketones is 1. The van der Waals surface area contributed by atoms with Crippen LogP contribution in [0.1, 0.15) is 22.8 Å². The van der Waals surface area contributed by atoms with Gasteiger partial charge in [0.2, 0.25) is 0 Å². The maximum absolute atomic E-state index is 13.3. The minimum absolute atomic E-state index is 0.0507. The van der Waals surface area contributed by atoms with Gasteiger partial charge in [-0.25, -0.2) is 0 Å². The zero-order chi connectivity index (χ0) is 22.1. The number of hydrogen-bond donors (Lipinski definition) is 1. The molecule has 7 heteroatoms. The Labute approximate surface area is 189 Å². The van der Waals surface area contributed by atoms with Crippen LogP contribution in [-0.2, 0) is 0 Å². The van der Waals surface area contributed by atoms with Gasteiger partial charge in [0.05, 0.1) is 10.9 Å². The summed E-state index contributed by atoms with van der Waals surface area (Å²) in [6, 6.07) is 19.8. The number of rotatable bonds is 6. The lowest BCUT2D eigenvalue weighted by Crippen LogP contribution is -2.14. The Morgan fingerprint density at radius 2 is 1.84 bits per heavy atom. The number of pyridine rings is 1. The largest absolute Gasteiger partial charge is 0.360 e. The average molecular weight is 440 g/mol. The van der Waals surface area contributed by atoms with Crippen LogP contribution in [0, 0.1) is 6.92 Å². The van der Waals surface area contributed by atoms with Crippen molar-refractivity contribution >= 4 is 28.4 Å². The summed E-state index contributed by atoms with van der Waals surface area (Å²) in [5, 5.41) is 10.2. The summed E-state index contributed by atoms with van der Waals surface area (Å²) in [6.07, 6.45) is 5.29. The van der Waals surface area contributed by atoms with Crippen LogP contribution in [0.15, 0.2) is 84.4 Å². The third-order valence-corrected chi connectivity index (χ3v) is 6.46. The molecule has 0 aliphatic carbocycles. The predicted molar refractivity (Wildman–Crippen MR) is 127 cm³/mol. The lowest BCUT2D eigenvalue weighted by atomic mass is 10.1. The molecular weight excluding hydrogens is 418 g/mol. The van der Waals surface area contributed by atoms with Gasteiger partial charge in [-0.3, -0.25) is 14.3 Å². The van der Waals surface area contributed by atoms with Crippen LogP contribution < -0.4 is 0 Å². The predicted octanol–water partition coefficient (Wildman–Crippen LogP) is 5.48. The molecule has 3 aromatic heterocycles. The SMILES string of the molecule is Cc1ccccc1-n1c(SC(C)C(=O)c2c[nH]c3ccccc23)nnc1-c1cccnc1. The highest BCUT2D eigenvalue weighted by molar-refractivity contribution is 8.00. The summed E-state index contributed by atoms with van der Waals surface area (Å²) < 4.78 is 2.01.